The van der Waals surface area contributed by atoms with Gasteiger partial charge >= 0.3 is 21.1 Å². The minimum Gasteiger partial charge on any atom is -0.503 e. The van der Waals surface area contributed by atoms with E-state index in [1.807, 2.05) is 52.9 Å². The number of hydrogen-bond acceptors (Lipinski definition) is 5. The fourth-order valence-corrected chi connectivity index (χ4v) is 3.61. The zero-order chi connectivity index (χ0) is 20.6. The van der Waals surface area contributed by atoms with Gasteiger partial charge in [0.05, 0.1) is 5.65 Å². The first kappa shape index (κ1) is 20.2. The number of pyridine rings is 2. The topological polar surface area (TPSA) is 61.5 Å². The van der Waals surface area contributed by atoms with Gasteiger partial charge in [0.1, 0.15) is 6.33 Å². The van der Waals surface area contributed by atoms with Crippen molar-refractivity contribution in [3.05, 3.63) is 97.5 Å². The molecule has 6 nitrogen and oxygen atoms in total. The predicted molar refractivity (Wildman–Crippen MR) is 116 cm³/mol. The molecule has 0 saturated heterocycles. The summed E-state index contributed by atoms with van der Waals surface area (Å²) >= 11 is 0. The number of ether oxygens (including phenoxy) is 2. The molecule has 32 heavy (non-hydrogen) atoms. The summed E-state index contributed by atoms with van der Waals surface area (Å²) in [6, 6.07) is 29.5. The average molecular weight is 597 g/mol. The maximum absolute atomic E-state index is 6.03. The van der Waals surface area contributed by atoms with Crippen molar-refractivity contribution in [1.29, 1.82) is 0 Å². The molecule has 7 heteroatoms. The molecular weight excluding hydrogens is 583 g/mol. The second kappa shape index (κ2) is 8.40. The predicted octanol–water partition coefficient (Wildman–Crippen LogP) is 5.61. The first-order valence-corrected chi connectivity index (χ1v) is 9.71. The van der Waals surface area contributed by atoms with Crippen molar-refractivity contribution in [3.8, 4) is 23.1 Å². The fraction of sp³-hybridized carbons (Fsp3) is 0. The van der Waals surface area contributed by atoms with Gasteiger partial charge in [0.25, 0.3) is 0 Å². The van der Waals surface area contributed by atoms with Gasteiger partial charge in [-0.1, -0.05) is 47.2 Å². The van der Waals surface area contributed by atoms with Crippen LogP contribution in [0.3, 0.4) is 0 Å². The number of benzene rings is 3. The van der Waals surface area contributed by atoms with Crippen LogP contribution in [0.15, 0.2) is 85.3 Å². The molecule has 6 rings (SSSR count). The van der Waals surface area contributed by atoms with Crippen molar-refractivity contribution in [2.75, 3.05) is 0 Å². The number of aromatic nitrogens is 4. The molecule has 0 fully saturated rings. The van der Waals surface area contributed by atoms with E-state index in [1.165, 1.54) is 0 Å². The van der Waals surface area contributed by atoms with Crippen LogP contribution in [-0.2, 0) is 21.1 Å². The third-order valence-electron chi connectivity index (χ3n) is 4.96. The molecule has 0 N–H and O–H groups in total. The molecule has 0 bridgehead atoms. The van der Waals surface area contributed by atoms with E-state index in [9.17, 15) is 0 Å². The van der Waals surface area contributed by atoms with Crippen molar-refractivity contribution < 1.29 is 30.5 Å². The molecule has 0 spiro atoms. The Morgan fingerprint density at radius 1 is 0.719 bits per heavy atom. The number of hydrogen-bond donors (Lipinski definition) is 0. The molecule has 0 unspecified atom stereocenters. The minimum absolute atomic E-state index is 0. The summed E-state index contributed by atoms with van der Waals surface area (Å²) in [6.45, 7) is 0. The van der Waals surface area contributed by atoms with Crippen LogP contribution in [0.1, 0.15) is 0 Å². The Bertz CT molecular complexity index is 1550. The number of para-hydroxylation sites is 1. The largest absolute Gasteiger partial charge is 2.00 e. The third-order valence-corrected chi connectivity index (χ3v) is 4.96. The molecule has 156 valence electrons. The summed E-state index contributed by atoms with van der Waals surface area (Å²) in [7, 11) is 0. The van der Waals surface area contributed by atoms with Crippen molar-refractivity contribution in [3.63, 3.8) is 0 Å². The van der Waals surface area contributed by atoms with Gasteiger partial charge in [0.2, 0.25) is 5.88 Å². The van der Waals surface area contributed by atoms with E-state index in [4.69, 9.17) is 9.47 Å². The summed E-state index contributed by atoms with van der Waals surface area (Å²) in [4.78, 5) is 4.17. The summed E-state index contributed by atoms with van der Waals surface area (Å²) in [5, 5.41) is 11.4. The van der Waals surface area contributed by atoms with Crippen LogP contribution in [0, 0.1) is 12.1 Å². The third kappa shape index (κ3) is 3.59. The van der Waals surface area contributed by atoms with E-state index in [-0.39, 0.29) is 21.1 Å². The maximum Gasteiger partial charge on any atom is 2.00 e. The Kier molecular flexibility index (Phi) is 5.29. The number of fused-ring (bicyclic) bond motifs is 6. The van der Waals surface area contributed by atoms with Gasteiger partial charge in [-0.15, -0.1) is 29.4 Å². The van der Waals surface area contributed by atoms with Gasteiger partial charge in [-0.3, -0.25) is 0 Å². The molecule has 0 saturated carbocycles. The maximum atomic E-state index is 6.03. The van der Waals surface area contributed by atoms with Crippen LogP contribution in [0.5, 0.6) is 23.1 Å². The van der Waals surface area contributed by atoms with E-state index in [0.29, 0.717) is 23.1 Å². The molecule has 3 aromatic carbocycles. The zero-order valence-electron chi connectivity index (χ0n) is 16.5. The van der Waals surface area contributed by atoms with Crippen LogP contribution >= 0.6 is 0 Å². The normalized spacial score (nSPS) is 10.9. The fourth-order valence-electron chi connectivity index (χ4n) is 3.61. The molecule has 0 amide bonds. The standard InChI is InChI=1S/C25H14N4O2.Pt/c1-2-9-23-21(8-1)20-12-11-19(15-22(20)25-28-27-16-29(23)25)30-17-6-5-7-18(14-17)31-24-10-3-4-13-26-24;/h1-13,16H;/q-2;+2. The average Bonchev–Trinajstić information content (AvgIpc) is 3.31. The van der Waals surface area contributed by atoms with Gasteiger partial charge in [0.15, 0.2) is 0 Å². The van der Waals surface area contributed by atoms with Crippen molar-refractivity contribution in [2.24, 2.45) is 0 Å². The summed E-state index contributed by atoms with van der Waals surface area (Å²) < 4.78 is 13.7. The SMILES string of the molecule is [Pt+2].[c-]1c(Oc2[c-]c3c(cc2)c2ccccc2n2cnnc32)cccc1Oc1ccccn1. The first-order chi connectivity index (χ1) is 15.3. The molecule has 0 aliphatic heterocycles. The Morgan fingerprint density at radius 2 is 1.53 bits per heavy atom. The molecular formula is C25H14N4O2Pt. The molecule has 0 radical (unpaired) electrons. The van der Waals surface area contributed by atoms with E-state index in [1.54, 1.807) is 24.7 Å². The summed E-state index contributed by atoms with van der Waals surface area (Å²) in [5.74, 6) is 2.08. The second-order valence-corrected chi connectivity index (χ2v) is 6.90. The molecule has 3 heterocycles. The molecule has 3 aromatic heterocycles. The van der Waals surface area contributed by atoms with Crippen LogP contribution in [0.4, 0.5) is 0 Å². The van der Waals surface area contributed by atoms with Crippen LogP contribution in [0.2, 0.25) is 0 Å². The minimum atomic E-state index is 0. The Labute approximate surface area is 197 Å². The van der Waals surface area contributed by atoms with Crippen LogP contribution < -0.4 is 9.47 Å². The molecule has 6 aromatic rings. The van der Waals surface area contributed by atoms with Gasteiger partial charge in [-0.25, -0.2) is 4.98 Å². The monoisotopic (exact) mass is 597 g/mol. The van der Waals surface area contributed by atoms with Gasteiger partial charge < -0.3 is 13.9 Å². The van der Waals surface area contributed by atoms with E-state index >= 15 is 0 Å². The van der Waals surface area contributed by atoms with Crippen LogP contribution in [-0.4, -0.2) is 19.6 Å². The van der Waals surface area contributed by atoms with Crippen molar-refractivity contribution in [2.45, 2.75) is 0 Å². The Balaban J connectivity index is 0.00000216. The first-order valence-electron chi connectivity index (χ1n) is 9.71. The van der Waals surface area contributed by atoms with Crippen LogP contribution in [0.25, 0.3) is 27.3 Å². The number of rotatable bonds is 4. The van der Waals surface area contributed by atoms with Gasteiger partial charge in [0, 0.05) is 35.0 Å². The van der Waals surface area contributed by atoms with Gasteiger partial charge in [-0.05, 0) is 17.5 Å². The van der Waals surface area contributed by atoms with Crippen molar-refractivity contribution >= 4 is 27.3 Å². The molecule has 0 aliphatic rings. The summed E-state index contributed by atoms with van der Waals surface area (Å²) in [6.07, 6.45) is 3.39. The zero-order valence-corrected chi connectivity index (χ0v) is 18.8. The smallest absolute Gasteiger partial charge is 0.503 e. The molecule has 0 atom stereocenters. The quantitative estimate of drug-likeness (QED) is 0.195. The molecule has 0 aliphatic carbocycles. The number of nitrogens with zero attached hydrogens (tertiary/aromatic N) is 4. The van der Waals surface area contributed by atoms with Crippen molar-refractivity contribution in [1.82, 2.24) is 19.6 Å². The van der Waals surface area contributed by atoms with E-state index < -0.39 is 0 Å². The van der Waals surface area contributed by atoms with E-state index in [2.05, 4.69) is 39.4 Å². The Morgan fingerprint density at radius 3 is 2.41 bits per heavy atom. The second-order valence-electron chi connectivity index (χ2n) is 6.90. The van der Waals surface area contributed by atoms with Gasteiger partial charge in [-0.2, -0.15) is 11.2 Å². The summed E-state index contributed by atoms with van der Waals surface area (Å²) in [5.41, 5.74) is 1.78. The Hall–Kier alpha value is -3.76. The van der Waals surface area contributed by atoms with E-state index in [0.717, 1.165) is 27.3 Å².